The second-order valence-electron chi connectivity index (χ2n) is 7.49. The van der Waals surface area contributed by atoms with Crippen LogP contribution in [-0.4, -0.2) is 41.0 Å². The van der Waals surface area contributed by atoms with Gasteiger partial charge < -0.3 is 14.8 Å². The number of fused-ring (bicyclic) bond motifs is 1. The van der Waals surface area contributed by atoms with Crippen LogP contribution in [0.2, 0.25) is 0 Å². The maximum Gasteiger partial charge on any atom is 0.276 e. The van der Waals surface area contributed by atoms with E-state index in [1.54, 1.807) is 12.1 Å². The number of nitrogens with one attached hydrogen (secondary N) is 2. The highest BCUT2D eigenvalue weighted by molar-refractivity contribution is 5.72. The SMILES string of the molecule is C1COCCO1.CCc1c(-c2cccc(Nc3ccc(F)cc3)c2)nc2c(C#N)c[nH]n2c1=O. The van der Waals surface area contributed by atoms with Gasteiger partial charge in [0.25, 0.3) is 5.56 Å². The molecule has 0 spiro atoms. The van der Waals surface area contributed by atoms with E-state index in [1.807, 2.05) is 37.3 Å². The highest BCUT2D eigenvalue weighted by Crippen LogP contribution is 2.26. The molecule has 0 unspecified atom stereocenters. The van der Waals surface area contributed by atoms with Crippen LogP contribution < -0.4 is 10.9 Å². The zero-order valence-corrected chi connectivity index (χ0v) is 18.7. The van der Waals surface area contributed by atoms with Crippen LogP contribution in [0.3, 0.4) is 0 Å². The molecule has 3 heterocycles. The van der Waals surface area contributed by atoms with E-state index in [9.17, 15) is 14.4 Å². The van der Waals surface area contributed by atoms with Crippen LogP contribution >= 0.6 is 0 Å². The van der Waals surface area contributed by atoms with Gasteiger partial charge in [-0.05, 0) is 42.8 Å². The van der Waals surface area contributed by atoms with Crippen LogP contribution in [0.15, 0.2) is 59.5 Å². The Morgan fingerprint density at radius 1 is 1.12 bits per heavy atom. The van der Waals surface area contributed by atoms with Gasteiger partial charge in [-0.1, -0.05) is 19.1 Å². The fourth-order valence-corrected chi connectivity index (χ4v) is 3.57. The van der Waals surface area contributed by atoms with Crippen molar-refractivity contribution >= 4 is 17.0 Å². The Morgan fingerprint density at radius 3 is 2.44 bits per heavy atom. The molecule has 1 fully saturated rings. The van der Waals surface area contributed by atoms with E-state index in [4.69, 9.17) is 9.47 Å². The number of rotatable bonds is 4. The fourth-order valence-electron chi connectivity index (χ4n) is 3.57. The predicted octanol–water partition coefficient (Wildman–Crippen LogP) is 4.04. The normalized spacial score (nSPS) is 13.1. The molecule has 1 saturated heterocycles. The third-order valence-electron chi connectivity index (χ3n) is 5.24. The molecular weight excluding hydrogens is 437 g/mol. The summed E-state index contributed by atoms with van der Waals surface area (Å²) in [4.78, 5) is 17.4. The lowest BCUT2D eigenvalue weighted by Crippen LogP contribution is -2.21. The van der Waals surface area contributed by atoms with Crippen molar-refractivity contribution in [3.63, 3.8) is 0 Å². The van der Waals surface area contributed by atoms with Crippen molar-refractivity contribution in [2.45, 2.75) is 13.3 Å². The first-order valence-corrected chi connectivity index (χ1v) is 10.9. The van der Waals surface area contributed by atoms with Crippen molar-refractivity contribution in [3.8, 4) is 17.3 Å². The number of nitrogens with zero attached hydrogens (tertiary/aromatic N) is 3. The maximum absolute atomic E-state index is 13.1. The second-order valence-corrected chi connectivity index (χ2v) is 7.49. The van der Waals surface area contributed by atoms with E-state index in [0.29, 0.717) is 28.9 Å². The minimum absolute atomic E-state index is 0.221. The summed E-state index contributed by atoms with van der Waals surface area (Å²) in [5.41, 5.74) is 3.78. The number of ether oxygens (including phenoxy) is 2. The highest BCUT2D eigenvalue weighted by Gasteiger charge is 2.16. The molecule has 8 nitrogen and oxygen atoms in total. The number of aromatic nitrogens is 3. The third kappa shape index (κ3) is 5.14. The number of benzene rings is 2. The quantitative estimate of drug-likeness (QED) is 0.475. The molecule has 4 aromatic rings. The number of aromatic amines is 1. The zero-order chi connectivity index (χ0) is 23.9. The van der Waals surface area contributed by atoms with Crippen molar-refractivity contribution in [2.75, 3.05) is 31.7 Å². The summed E-state index contributed by atoms with van der Waals surface area (Å²) in [5.74, 6) is -0.301. The second kappa shape index (κ2) is 10.7. The van der Waals surface area contributed by atoms with Crippen molar-refractivity contribution in [1.29, 1.82) is 5.26 Å². The van der Waals surface area contributed by atoms with Gasteiger partial charge in [0.15, 0.2) is 5.65 Å². The number of halogens is 1. The van der Waals surface area contributed by atoms with E-state index in [-0.39, 0.29) is 11.4 Å². The van der Waals surface area contributed by atoms with Gasteiger partial charge in [-0.3, -0.25) is 9.89 Å². The molecule has 174 valence electrons. The number of H-pyrrole nitrogens is 1. The fraction of sp³-hybridized carbons (Fsp3) is 0.240. The summed E-state index contributed by atoms with van der Waals surface area (Å²) in [6.07, 6.45) is 1.97. The molecule has 0 saturated carbocycles. The molecule has 0 radical (unpaired) electrons. The minimum atomic E-state index is -0.301. The molecule has 9 heteroatoms. The third-order valence-corrected chi connectivity index (χ3v) is 5.24. The summed E-state index contributed by atoms with van der Waals surface area (Å²) in [6.45, 7) is 5.00. The zero-order valence-electron chi connectivity index (χ0n) is 18.7. The molecular formula is C25H24FN5O3. The smallest absolute Gasteiger partial charge is 0.276 e. The van der Waals surface area contributed by atoms with Crippen LogP contribution in [0.4, 0.5) is 15.8 Å². The largest absolute Gasteiger partial charge is 0.377 e. The molecule has 0 bridgehead atoms. The summed E-state index contributed by atoms with van der Waals surface area (Å²) in [6, 6.07) is 15.6. The van der Waals surface area contributed by atoms with Gasteiger partial charge >= 0.3 is 0 Å². The molecule has 1 aliphatic heterocycles. The first kappa shape index (κ1) is 23.2. The first-order valence-electron chi connectivity index (χ1n) is 10.9. The van der Waals surface area contributed by atoms with Crippen LogP contribution in [-0.2, 0) is 15.9 Å². The van der Waals surface area contributed by atoms with Gasteiger partial charge in [0.1, 0.15) is 17.4 Å². The molecule has 0 aliphatic carbocycles. The lowest BCUT2D eigenvalue weighted by molar-refractivity contribution is -0.0334. The number of anilines is 2. The standard InChI is InChI=1S/C21H16FN5O.C4H8O2/c1-2-18-19(26-20-14(11-23)12-24-27(20)21(18)28)13-4-3-5-17(10-13)25-16-8-6-15(22)7-9-16;1-2-6-4-3-5-1/h3-10,12,24-25H,2H2,1H3;1-4H2. The Hall–Kier alpha value is -4.00. The molecule has 2 N–H and O–H groups in total. The van der Waals surface area contributed by atoms with Crippen molar-refractivity contribution in [1.82, 2.24) is 14.6 Å². The number of hydrogen-bond acceptors (Lipinski definition) is 6. The van der Waals surface area contributed by atoms with Crippen LogP contribution in [0.1, 0.15) is 18.1 Å². The summed E-state index contributed by atoms with van der Waals surface area (Å²) < 4.78 is 24.3. The van der Waals surface area contributed by atoms with Crippen molar-refractivity contribution in [2.24, 2.45) is 0 Å². The Labute approximate surface area is 195 Å². The molecule has 5 rings (SSSR count). The predicted molar refractivity (Wildman–Crippen MR) is 127 cm³/mol. The minimum Gasteiger partial charge on any atom is -0.377 e. The van der Waals surface area contributed by atoms with Gasteiger partial charge in [-0.15, -0.1) is 0 Å². The Balaban J connectivity index is 0.000000398. The Bertz CT molecular complexity index is 1360. The molecule has 2 aromatic carbocycles. The van der Waals surface area contributed by atoms with Gasteiger partial charge in [-0.25, -0.2) is 13.9 Å². The Kier molecular flexibility index (Phi) is 7.32. The van der Waals surface area contributed by atoms with Gasteiger partial charge in [0.05, 0.1) is 32.1 Å². The first-order chi connectivity index (χ1) is 16.6. The molecule has 2 aromatic heterocycles. The van der Waals surface area contributed by atoms with Crippen LogP contribution in [0.5, 0.6) is 0 Å². The van der Waals surface area contributed by atoms with Crippen LogP contribution in [0, 0.1) is 17.1 Å². The van der Waals surface area contributed by atoms with Gasteiger partial charge in [0.2, 0.25) is 0 Å². The number of nitriles is 1. The van der Waals surface area contributed by atoms with Gasteiger partial charge in [-0.2, -0.15) is 5.26 Å². The lowest BCUT2D eigenvalue weighted by atomic mass is 10.0. The van der Waals surface area contributed by atoms with Crippen molar-refractivity contribution in [3.05, 3.63) is 82.0 Å². The van der Waals surface area contributed by atoms with E-state index in [2.05, 4.69) is 15.4 Å². The van der Waals surface area contributed by atoms with E-state index >= 15 is 0 Å². The molecule has 34 heavy (non-hydrogen) atoms. The number of hydrogen-bond donors (Lipinski definition) is 2. The van der Waals surface area contributed by atoms with E-state index in [0.717, 1.165) is 43.4 Å². The van der Waals surface area contributed by atoms with Crippen LogP contribution in [0.25, 0.3) is 16.9 Å². The summed E-state index contributed by atoms with van der Waals surface area (Å²) in [7, 11) is 0. The maximum atomic E-state index is 13.1. The average molecular weight is 461 g/mol. The highest BCUT2D eigenvalue weighted by atomic mass is 19.1. The molecule has 1 aliphatic rings. The molecule has 0 amide bonds. The summed E-state index contributed by atoms with van der Waals surface area (Å²) in [5, 5.41) is 15.3. The summed E-state index contributed by atoms with van der Waals surface area (Å²) >= 11 is 0. The van der Waals surface area contributed by atoms with E-state index in [1.165, 1.54) is 22.8 Å². The van der Waals surface area contributed by atoms with E-state index < -0.39 is 0 Å². The molecule has 0 atom stereocenters. The van der Waals surface area contributed by atoms with Gasteiger partial charge in [0, 0.05) is 28.7 Å². The average Bonchev–Trinajstić information content (AvgIpc) is 3.30. The van der Waals surface area contributed by atoms with Crippen molar-refractivity contribution < 1.29 is 13.9 Å². The lowest BCUT2D eigenvalue weighted by Gasteiger charge is -2.11. The topological polar surface area (TPSA) is 104 Å². The monoisotopic (exact) mass is 461 g/mol. The Morgan fingerprint density at radius 2 is 1.82 bits per heavy atom.